The van der Waals surface area contributed by atoms with Gasteiger partial charge in [-0.25, -0.2) is 4.98 Å². The molecule has 4 rings (SSSR count). The predicted molar refractivity (Wildman–Crippen MR) is 141 cm³/mol. The van der Waals surface area contributed by atoms with Gasteiger partial charge in [-0.1, -0.05) is 46.9 Å². The van der Waals surface area contributed by atoms with E-state index in [0.29, 0.717) is 45.1 Å². The molecule has 1 saturated carbocycles. The van der Waals surface area contributed by atoms with E-state index in [1.165, 1.54) is 0 Å². The van der Waals surface area contributed by atoms with Crippen LogP contribution in [0.5, 0.6) is 0 Å². The van der Waals surface area contributed by atoms with Crippen molar-refractivity contribution in [1.82, 2.24) is 15.3 Å². The fourth-order valence-electron chi connectivity index (χ4n) is 4.37. The lowest BCUT2D eigenvalue weighted by atomic mass is 9.86. The molecule has 0 radical (unpaired) electrons. The Kier molecular flexibility index (Phi) is 8.02. The van der Waals surface area contributed by atoms with Crippen LogP contribution in [0.2, 0.25) is 15.1 Å². The van der Waals surface area contributed by atoms with Crippen LogP contribution in [-0.4, -0.2) is 42.6 Å². The number of anilines is 2. The monoisotopic (exact) mass is 519 g/mol. The summed E-state index contributed by atoms with van der Waals surface area (Å²) in [5.74, 6) is 1.90. The number of halogens is 3. The van der Waals surface area contributed by atoms with Gasteiger partial charge in [-0.15, -0.1) is 0 Å². The summed E-state index contributed by atoms with van der Waals surface area (Å²) in [6.45, 7) is 0.638. The molecule has 0 atom stereocenters. The van der Waals surface area contributed by atoms with Gasteiger partial charge in [0.25, 0.3) is 0 Å². The molecule has 1 heterocycles. The molecule has 0 saturated heterocycles. The third kappa shape index (κ3) is 5.85. The lowest BCUT2D eigenvalue weighted by Gasteiger charge is -2.29. The van der Waals surface area contributed by atoms with Crippen molar-refractivity contribution in [1.29, 1.82) is 0 Å². The summed E-state index contributed by atoms with van der Waals surface area (Å²) in [5, 5.41) is 8.78. The Labute approximate surface area is 215 Å². The molecule has 0 bridgehead atoms. The van der Waals surface area contributed by atoms with Gasteiger partial charge in [0, 0.05) is 42.7 Å². The SMILES string of the molecule is CN(C)c1nc(N[C@H]2CC[C@@H](CNC(=O)Cc3c(Cl)ccc(Cl)c3Cl)CC2)nc2ccccc12. The Hall–Kier alpha value is -2.28. The number of fused-ring (bicyclic) bond motifs is 1. The Bertz CT molecular complexity index is 1180. The van der Waals surface area contributed by atoms with E-state index >= 15 is 0 Å². The van der Waals surface area contributed by atoms with E-state index in [2.05, 4.69) is 10.6 Å². The molecule has 1 aliphatic rings. The minimum absolute atomic E-state index is 0.105. The number of benzene rings is 2. The van der Waals surface area contributed by atoms with Crippen LogP contribution in [0, 0.1) is 5.92 Å². The number of hydrogen-bond donors (Lipinski definition) is 2. The lowest BCUT2D eigenvalue weighted by Crippen LogP contribution is -2.35. The molecule has 1 fully saturated rings. The molecular weight excluding hydrogens is 493 g/mol. The molecule has 0 spiro atoms. The molecule has 1 amide bonds. The first-order valence-corrected chi connectivity index (χ1v) is 12.5. The first kappa shape index (κ1) is 24.8. The summed E-state index contributed by atoms with van der Waals surface area (Å²) < 4.78 is 0. The molecule has 6 nitrogen and oxygen atoms in total. The van der Waals surface area contributed by atoms with Crippen molar-refractivity contribution in [3.8, 4) is 0 Å². The van der Waals surface area contributed by atoms with Crippen LogP contribution in [0.4, 0.5) is 11.8 Å². The van der Waals surface area contributed by atoms with E-state index in [1.807, 2.05) is 43.3 Å². The highest BCUT2D eigenvalue weighted by Crippen LogP contribution is 2.32. The zero-order valence-corrected chi connectivity index (χ0v) is 21.5. The third-order valence-corrected chi connectivity index (χ3v) is 7.45. The molecular formula is C25H28Cl3N5O. The van der Waals surface area contributed by atoms with Crippen molar-refractivity contribution in [2.24, 2.45) is 5.92 Å². The maximum atomic E-state index is 12.5. The van der Waals surface area contributed by atoms with Gasteiger partial charge >= 0.3 is 0 Å². The standard InChI is InChI=1S/C25H28Cl3N5O/c1-33(2)24-17-5-3-4-6-21(17)31-25(32-24)30-16-9-7-15(8-10-16)14-29-22(34)13-18-19(26)11-12-20(27)23(18)28/h3-6,11-12,15-16H,7-10,13-14H2,1-2H3,(H,29,34)(H,30,31,32)/t15-,16+. The fraction of sp³-hybridized carbons (Fsp3) is 0.400. The number of para-hydroxylation sites is 1. The molecule has 0 aliphatic heterocycles. The van der Waals surface area contributed by atoms with Crippen molar-refractivity contribution >= 4 is 63.4 Å². The van der Waals surface area contributed by atoms with Crippen LogP contribution < -0.4 is 15.5 Å². The molecule has 3 aromatic rings. The largest absolute Gasteiger partial charge is 0.362 e. The second kappa shape index (κ2) is 11.0. The molecule has 1 aromatic heterocycles. The second-order valence-corrected chi connectivity index (χ2v) is 10.1. The van der Waals surface area contributed by atoms with Crippen LogP contribution in [0.1, 0.15) is 31.2 Å². The molecule has 180 valence electrons. The van der Waals surface area contributed by atoms with Crippen LogP contribution >= 0.6 is 34.8 Å². The highest BCUT2D eigenvalue weighted by atomic mass is 35.5. The number of nitrogens with zero attached hydrogens (tertiary/aromatic N) is 3. The molecule has 1 aliphatic carbocycles. The average molecular weight is 521 g/mol. The Morgan fingerprint density at radius 3 is 2.44 bits per heavy atom. The Morgan fingerprint density at radius 2 is 1.71 bits per heavy atom. The normalized spacial score (nSPS) is 18.0. The molecule has 34 heavy (non-hydrogen) atoms. The maximum Gasteiger partial charge on any atom is 0.225 e. The highest BCUT2D eigenvalue weighted by Gasteiger charge is 2.23. The smallest absolute Gasteiger partial charge is 0.225 e. The molecule has 9 heteroatoms. The number of hydrogen-bond acceptors (Lipinski definition) is 5. The zero-order valence-electron chi connectivity index (χ0n) is 19.2. The summed E-state index contributed by atoms with van der Waals surface area (Å²) in [6, 6.07) is 11.7. The Balaban J connectivity index is 1.29. The topological polar surface area (TPSA) is 70.2 Å². The number of aromatic nitrogens is 2. The predicted octanol–water partition coefficient (Wildman–Crippen LogP) is 5.99. The van der Waals surface area contributed by atoms with E-state index < -0.39 is 0 Å². The minimum Gasteiger partial charge on any atom is -0.362 e. The van der Waals surface area contributed by atoms with Crippen molar-refractivity contribution in [3.05, 3.63) is 57.0 Å². The van der Waals surface area contributed by atoms with Gasteiger partial charge in [0.2, 0.25) is 11.9 Å². The Morgan fingerprint density at radius 1 is 1.00 bits per heavy atom. The molecule has 2 N–H and O–H groups in total. The van der Waals surface area contributed by atoms with E-state index in [0.717, 1.165) is 42.4 Å². The van der Waals surface area contributed by atoms with Crippen LogP contribution in [0.15, 0.2) is 36.4 Å². The highest BCUT2D eigenvalue weighted by molar-refractivity contribution is 6.44. The average Bonchev–Trinajstić information content (AvgIpc) is 2.83. The van der Waals surface area contributed by atoms with Crippen LogP contribution in [0.3, 0.4) is 0 Å². The van der Waals surface area contributed by atoms with Gasteiger partial charge in [-0.3, -0.25) is 4.79 Å². The van der Waals surface area contributed by atoms with Crippen LogP contribution in [0.25, 0.3) is 10.9 Å². The quantitative estimate of drug-likeness (QED) is 0.375. The van der Waals surface area contributed by atoms with Crippen molar-refractivity contribution in [3.63, 3.8) is 0 Å². The number of carbonyl (C=O) groups excluding carboxylic acids is 1. The number of rotatable bonds is 7. The summed E-state index contributed by atoms with van der Waals surface area (Å²) in [6.07, 6.45) is 4.15. The minimum atomic E-state index is -0.105. The van der Waals surface area contributed by atoms with Gasteiger partial charge in [-0.2, -0.15) is 4.98 Å². The van der Waals surface area contributed by atoms with E-state index in [-0.39, 0.29) is 12.3 Å². The van der Waals surface area contributed by atoms with Crippen LogP contribution in [-0.2, 0) is 11.2 Å². The molecule has 2 aromatic carbocycles. The van der Waals surface area contributed by atoms with Gasteiger partial charge in [0.15, 0.2) is 0 Å². The summed E-state index contributed by atoms with van der Waals surface area (Å²) in [4.78, 5) is 23.9. The number of carbonyl (C=O) groups is 1. The van der Waals surface area contributed by atoms with Crippen molar-refractivity contribution in [2.75, 3.05) is 30.9 Å². The van der Waals surface area contributed by atoms with Crippen molar-refractivity contribution in [2.45, 2.75) is 38.1 Å². The second-order valence-electron chi connectivity index (χ2n) is 8.95. The summed E-state index contributed by atoms with van der Waals surface area (Å²) in [7, 11) is 3.98. The van der Waals surface area contributed by atoms with Crippen molar-refractivity contribution < 1.29 is 4.79 Å². The lowest BCUT2D eigenvalue weighted by molar-refractivity contribution is -0.120. The first-order valence-electron chi connectivity index (χ1n) is 11.4. The fourth-order valence-corrected chi connectivity index (χ4v) is 5.05. The van der Waals surface area contributed by atoms with Gasteiger partial charge in [-0.05, 0) is 55.9 Å². The third-order valence-electron chi connectivity index (χ3n) is 6.25. The zero-order chi connectivity index (χ0) is 24.2. The maximum absolute atomic E-state index is 12.5. The van der Waals surface area contributed by atoms with Gasteiger partial charge < -0.3 is 15.5 Å². The van der Waals surface area contributed by atoms with E-state index in [1.54, 1.807) is 12.1 Å². The summed E-state index contributed by atoms with van der Waals surface area (Å²) in [5.41, 5.74) is 1.49. The van der Waals surface area contributed by atoms with E-state index in [9.17, 15) is 4.79 Å². The van der Waals surface area contributed by atoms with Gasteiger partial charge in [0.1, 0.15) is 5.82 Å². The van der Waals surface area contributed by atoms with E-state index in [4.69, 9.17) is 44.8 Å². The van der Waals surface area contributed by atoms with Gasteiger partial charge in [0.05, 0.1) is 22.0 Å². The molecule has 0 unspecified atom stereocenters. The number of nitrogens with one attached hydrogen (secondary N) is 2. The first-order chi connectivity index (χ1) is 16.3. The number of amides is 1. The summed E-state index contributed by atoms with van der Waals surface area (Å²) >= 11 is 18.5.